The Labute approximate surface area is 160 Å². The number of piperidine rings is 1. The van der Waals surface area contributed by atoms with Crippen molar-refractivity contribution in [3.05, 3.63) is 53.7 Å². The Hall–Kier alpha value is -2.34. The number of benzene rings is 1. The zero-order chi connectivity index (χ0) is 18.8. The minimum atomic E-state index is 0.0335. The summed E-state index contributed by atoms with van der Waals surface area (Å²) in [4.78, 5) is 21.3. The summed E-state index contributed by atoms with van der Waals surface area (Å²) < 4.78 is 5.45. The number of amides is 2. The lowest BCUT2D eigenvalue weighted by Gasteiger charge is -2.39. The monoisotopic (exact) mass is 368 g/mol. The fourth-order valence-corrected chi connectivity index (χ4v) is 4.54. The number of hydrogen-bond donors (Lipinski definition) is 1. The van der Waals surface area contributed by atoms with Crippen LogP contribution in [0.25, 0.3) is 0 Å². The summed E-state index contributed by atoms with van der Waals surface area (Å²) in [5.74, 6) is 1.24. The fourth-order valence-electron chi connectivity index (χ4n) is 4.54. The molecule has 0 spiro atoms. The third-order valence-electron chi connectivity index (χ3n) is 5.71. The third kappa shape index (κ3) is 4.00. The molecule has 3 atom stereocenters. The van der Waals surface area contributed by atoms with E-state index in [4.69, 9.17) is 4.42 Å². The molecule has 6 heteroatoms. The number of urea groups is 1. The summed E-state index contributed by atoms with van der Waals surface area (Å²) in [7, 11) is 3.95. The van der Waals surface area contributed by atoms with Crippen LogP contribution in [0.5, 0.6) is 0 Å². The highest BCUT2D eigenvalue weighted by molar-refractivity contribution is 5.75. The van der Waals surface area contributed by atoms with Gasteiger partial charge in [0.1, 0.15) is 6.26 Å². The maximum Gasteiger partial charge on any atom is 0.318 e. The summed E-state index contributed by atoms with van der Waals surface area (Å²) in [6.07, 6.45) is 5.97. The van der Waals surface area contributed by atoms with Gasteiger partial charge in [-0.3, -0.25) is 0 Å². The van der Waals surface area contributed by atoms with E-state index in [0.29, 0.717) is 37.0 Å². The Balaban J connectivity index is 1.34. The number of fused-ring (bicyclic) bond motifs is 2. The molecule has 2 aromatic rings. The molecular weight excluding hydrogens is 340 g/mol. The molecule has 2 fully saturated rings. The van der Waals surface area contributed by atoms with Crippen molar-refractivity contribution < 1.29 is 9.21 Å². The molecule has 0 saturated carbocycles. The van der Waals surface area contributed by atoms with Gasteiger partial charge in [-0.05, 0) is 51.3 Å². The average molecular weight is 368 g/mol. The predicted molar refractivity (Wildman–Crippen MR) is 103 cm³/mol. The molecular formula is C21H28N4O2. The zero-order valence-corrected chi connectivity index (χ0v) is 16.1. The Morgan fingerprint density at radius 1 is 1.22 bits per heavy atom. The van der Waals surface area contributed by atoms with Gasteiger partial charge in [-0.25, -0.2) is 9.78 Å². The van der Waals surface area contributed by atoms with Crippen LogP contribution in [0, 0.1) is 0 Å². The van der Waals surface area contributed by atoms with E-state index >= 15 is 0 Å². The second kappa shape index (κ2) is 7.72. The van der Waals surface area contributed by atoms with Gasteiger partial charge in [0.25, 0.3) is 0 Å². The van der Waals surface area contributed by atoms with Crippen LogP contribution in [0.4, 0.5) is 4.79 Å². The van der Waals surface area contributed by atoms with E-state index in [1.807, 2.05) is 19.0 Å². The molecule has 2 aliphatic heterocycles. The normalized spacial score (nSPS) is 24.4. The minimum Gasteiger partial charge on any atom is -0.447 e. The van der Waals surface area contributed by atoms with E-state index in [9.17, 15) is 4.79 Å². The van der Waals surface area contributed by atoms with Gasteiger partial charge in [0, 0.05) is 12.1 Å². The number of rotatable bonds is 5. The maximum atomic E-state index is 12.8. The van der Waals surface area contributed by atoms with Crippen LogP contribution in [-0.4, -0.2) is 47.0 Å². The van der Waals surface area contributed by atoms with Crippen molar-refractivity contribution >= 4 is 6.03 Å². The van der Waals surface area contributed by atoms with Gasteiger partial charge < -0.3 is 19.5 Å². The fraction of sp³-hybridized carbons (Fsp3) is 0.524. The molecule has 0 radical (unpaired) electrons. The SMILES string of the molecule is CN(C)Cc1nc(CNC(=O)N2[C@@H]3CC[C@H]2CC(c2ccccc2)C3)co1. The van der Waals surface area contributed by atoms with E-state index in [2.05, 4.69) is 45.5 Å². The van der Waals surface area contributed by atoms with Gasteiger partial charge in [-0.15, -0.1) is 0 Å². The first kappa shape index (κ1) is 18.0. The number of carbonyl (C=O) groups excluding carboxylic acids is 1. The number of oxazole rings is 1. The first-order chi connectivity index (χ1) is 13.1. The Morgan fingerprint density at radius 3 is 2.59 bits per heavy atom. The number of nitrogens with zero attached hydrogens (tertiary/aromatic N) is 3. The summed E-state index contributed by atoms with van der Waals surface area (Å²) in [6.45, 7) is 1.07. The lowest BCUT2D eigenvalue weighted by Crippen LogP contribution is -2.50. The maximum absolute atomic E-state index is 12.8. The zero-order valence-electron chi connectivity index (χ0n) is 16.1. The van der Waals surface area contributed by atoms with Gasteiger partial charge in [-0.2, -0.15) is 0 Å². The van der Waals surface area contributed by atoms with Crippen LogP contribution in [0.1, 0.15) is 48.7 Å². The topological polar surface area (TPSA) is 61.6 Å². The van der Waals surface area contributed by atoms with Gasteiger partial charge >= 0.3 is 6.03 Å². The molecule has 2 saturated heterocycles. The first-order valence-electron chi connectivity index (χ1n) is 9.79. The lowest BCUT2D eigenvalue weighted by molar-refractivity contribution is 0.138. The highest BCUT2D eigenvalue weighted by Crippen LogP contribution is 2.42. The second-order valence-corrected chi connectivity index (χ2v) is 8.00. The van der Waals surface area contributed by atoms with Gasteiger partial charge in [-0.1, -0.05) is 30.3 Å². The van der Waals surface area contributed by atoms with Crippen LogP contribution < -0.4 is 5.32 Å². The molecule has 2 amide bonds. The second-order valence-electron chi connectivity index (χ2n) is 8.00. The van der Waals surface area contributed by atoms with Gasteiger partial charge in [0.2, 0.25) is 5.89 Å². The van der Waals surface area contributed by atoms with Crippen molar-refractivity contribution in [1.82, 2.24) is 20.1 Å². The summed E-state index contributed by atoms with van der Waals surface area (Å²) in [6, 6.07) is 11.4. The Kier molecular flexibility index (Phi) is 5.16. The van der Waals surface area contributed by atoms with Crippen LogP contribution in [0.3, 0.4) is 0 Å². The average Bonchev–Trinajstić information content (AvgIpc) is 3.21. The lowest BCUT2D eigenvalue weighted by atomic mass is 9.85. The van der Waals surface area contributed by atoms with E-state index in [1.54, 1.807) is 6.26 Å². The molecule has 3 heterocycles. The van der Waals surface area contributed by atoms with Crippen molar-refractivity contribution in [3.63, 3.8) is 0 Å². The standard InChI is InChI=1S/C21H28N4O2/c1-24(2)13-20-23-17(14-27-20)12-22-21(26)25-18-8-9-19(25)11-16(10-18)15-6-4-3-5-7-15/h3-7,14,16,18-19H,8-13H2,1-2H3,(H,22,26)/t16?,18-,19+. The summed E-state index contributed by atoms with van der Waals surface area (Å²) in [5.41, 5.74) is 2.18. The Morgan fingerprint density at radius 2 is 1.93 bits per heavy atom. The van der Waals surface area contributed by atoms with Crippen molar-refractivity contribution in [2.45, 2.75) is 56.8 Å². The van der Waals surface area contributed by atoms with Crippen molar-refractivity contribution in [2.75, 3.05) is 14.1 Å². The molecule has 2 bridgehead atoms. The van der Waals surface area contributed by atoms with Crippen molar-refractivity contribution in [1.29, 1.82) is 0 Å². The molecule has 1 N–H and O–H groups in total. The molecule has 1 aromatic heterocycles. The molecule has 1 aromatic carbocycles. The Bertz CT molecular complexity index is 759. The third-order valence-corrected chi connectivity index (χ3v) is 5.71. The van der Waals surface area contributed by atoms with E-state index < -0.39 is 0 Å². The summed E-state index contributed by atoms with van der Waals surface area (Å²) >= 11 is 0. The number of hydrogen-bond acceptors (Lipinski definition) is 4. The highest BCUT2D eigenvalue weighted by Gasteiger charge is 2.43. The molecule has 4 rings (SSSR count). The number of carbonyl (C=O) groups is 1. The highest BCUT2D eigenvalue weighted by atomic mass is 16.3. The quantitative estimate of drug-likeness (QED) is 0.879. The number of aromatic nitrogens is 1. The molecule has 0 aliphatic carbocycles. The molecule has 6 nitrogen and oxygen atoms in total. The molecule has 1 unspecified atom stereocenters. The smallest absolute Gasteiger partial charge is 0.318 e. The van der Waals surface area contributed by atoms with Crippen LogP contribution >= 0.6 is 0 Å². The largest absolute Gasteiger partial charge is 0.447 e. The van der Waals surface area contributed by atoms with E-state index in [0.717, 1.165) is 31.4 Å². The molecule has 144 valence electrons. The van der Waals surface area contributed by atoms with Crippen molar-refractivity contribution in [3.8, 4) is 0 Å². The van der Waals surface area contributed by atoms with Gasteiger partial charge in [0.15, 0.2) is 0 Å². The van der Waals surface area contributed by atoms with Crippen LogP contribution in [0.15, 0.2) is 41.0 Å². The minimum absolute atomic E-state index is 0.0335. The van der Waals surface area contributed by atoms with E-state index in [1.165, 1.54) is 5.56 Å². The summed E-state index contributed by atoms with van der Waals surface area (Å²) in [5, 5.41) is 3.04. The predicted octanol–water partition coefficient (Wildman–Crippen LogP) is 3.36. The molecule has 27 heavy (non-hydrogen) atoms. The first-order valence-corrected chi connectivity index (χ1v) is 9.79. The van der Waals surface area contributed by atoms with Crippen molar-refractivity contribution in [2.24, 2.45) is 0 Å². The molecule has 2 aliphatic rings. The van der Waals surface area contributed by atoms with Crippen LogP contribution in [0.2, 0.25) is 0 Å². The van der Waals surface area contributed by atoms with Crippen LogP contribution in [-0.2, 0) is 13.1 Å². The van der Waals surface area contributed by atoms with E-state index in [-0.39, 0.29) is 6.03 Å². The number of nitrogens with one attached hydrogen (secondary N) is 1. The van der Waals surface area contributed by atoms with Gasteiger partial charge in [0.05, 0.1) is 18.8 Å².